The number of carbonyl (C=O) groups excluding carboxylic acids is 1. The van der Waals surface area contributed by atoms with Gasteiger partial charge in [0.25, 0.3) is 0 Å². The van der Waals surface area contributed by atoms with E-state index in [2.05, 4.69) is 17.4 Å². The highest BCUT2D eigenvalue weighted by Crippen LogP contribution is 2.42. The second kappa shape index (κ2) is 6.15. The Morgan fingerprint density at radius 2 is 1.84 bits per heavy atom. The fourth-order valence-corrected chi connectivity index (χ4v) is 4.76. The predicted octanol–water partition coefficient (Wildman–Crippen LogP) is 4.05. The van der Waals surface area contributed by atoms with E-state index in [4.69, 9.17) is 0 Å². The summed E-state index contributed by atoms with van der Waals surface area (Å²) in [5.74, 6) is 0.0545. The third kappa shape index (κ3) is 2.68. The van der Waals surface area contributed by atoms with Crippen LogP contribution in [0, 0.1) is 0 Å². The van der Waals surface area contributed by atoms with Crippen molar-refractivity contribution >= 4 is 33.1 Å². The summed E-state index contributed by atoms with van der Waals surface area (Å²) in [5, 5.41) is 3.10. The van der Waals surface area contributed by atoms with E-state index in [1.54, 1.807) is 11.6 Å². The Kier molecular flexibility index (Phi) is 3.96. The standard InChI is InChI=1S/C20H20N2O2S/c1-22-16-10-9-15(13-17(16)25-19(22)24)21-18(23)20(11-5-6-12-20)14-7-3-2-4-8-14/h2-4,7-10,13H,5-6,11-12H2,1H3,(H,21,23). The molecule has 1 heterocycles. The molecule has 1 aromatic heterocycles. The van der Waals surface area contributed by atoms with Gasteiger partial charge in [-0.25, -0.2) is 0 Å². The first-order chi connectivity index (χ1) is 12.1. The van der Waals surface area contributed by atoms with E-state index in [1.807, 2.05) is 36.4 Å². The molecule has 1 saturated carbocycles. The molecule has 0 saturated heterocycles. The first-order valence-electron chi connectivity index (χ1n) is 8.57. The van der Waals surface area contributed by atoms with Gasteiger partial charge in [-0.05, 0) is 36.6 Å². The van der Waals surface area contributed by atoms with Crippen molar-refractivity contribution in [3.63, 3.8) is 0 Å². The minimum atomic E-state index is -0.444. The van der Waals surface area contributed by atoms with Gasteiger partial charge < -0.3 is 9.88 Å². The fraction of sp³-hybridized carbons (Fsp3) is 0.300. The zero-order chi connectivity index (χ0) is 17.4. The van der Waals surface area contributed by atoms with Crippen LogP contribution in [-0.4, -0.2) is 10.5 Å². The van der Waals surface area contributed by atoms with Crippen LogP contribution in [0.15, 0.2) is 53.3 Å². The van der Waals surface area contributed by atoms with Crippen LogP contribution < -0.4 is 10.2 Å². The average Bonchev–Trinajstić information content (AvgIpc) is 3.22. The molecule has 25 heavy (non-hydrogen) atoms. The van der Waals surface area contributed by atoms with Gasteiger partial charge in [-0.3, -0.25) is 9.59 Å². The molecule has 1 N–H and O–H groups in total. The summed E-state index contributed by atoms with van der Waals surface area (Å²) in [6.07, 6.45) is 3.90. The van der Waals surface area contributed by atoms with Crippen LogP contribution in [0.4, 0.5) is 5.69 Å². The van der Waals surface area contributed by atoms with Crippen LogP contribution >= 0.6 is 11.3 Å². The molecule has 1 aliphatic rings. The molecule has 1 aliphatic carbocycles. The number of aryl methyl sites for hydroxylation is 1. The SMILES string of the molecule is Cn1c(=O)sc2cc(NC(=O)C3(c4ccccc4)CCCC3)ccc21. The van der Waals surface area contributed by atoms with Gasteiger partial charge in [0.05, 0.1) is 15.6 Å². The average molecular weight is 352 g/mol. The van der Waals surface area contributed by atoms with Crippen LogP contribution in [0.1, 0.15) is 31.2 Å². The minimum absolute atomic E-state index is 0.00928. The van der Waals surface area contributed by atoms with Gasteiger partial charge in [0.1, 0.15) is 0 Å². The predicted molar refractivity (Wildman–Crippen MR) is 102 cm³/mol. The molecular weight excluding hydrogens is 332 g/mol. The Bertz CT molecular complexity index is 982. The number of hydrogen-bond acceptors (Lipinski definition) is 3. The van der Waals surface area contributed by atoms with Gasteiger partial charge in [-0.1, -0.05) is 54.5 Å². The Morgan fingerprint density at radius 3 is 2.56 bits per heavy atom. The highest BCUT2D eigenvalue weighted by molar-refractivity contribution is 7.16. The van der Waals surface area contributed by atoms with Gasteiger partial charge in [-0.15, -0.1) is 0 Å². The number of benzene rings is 2. The topological polar surface area (TPSA) is 51.1 Å². The van der Waals surface area contributed by atoms with Gasteiger partial charge in [0, 0.05) is 12.7 Å². The Hall–Kier alpha value is -2.40. The largest absolute Gasteiger partial charge is 0.325 e. The van der Waals surface area contributed by atoms with E-state index in [0.717, 1.165) is 47.2 Å². The van der Waals surface area contributed by atoms with E-state index < -0.39 is 5.41 Å². The van der Waals surface area contributed by atoms with Crippen molar-refractivity contribution in [2.45, 2.75) is 31.1 Å². The summed E-state index contributed by atoms with van der Waals surface area (Å²) in [4.78, 5) is 25.0. The summed E-state index contributed by atoms with van der Waals surface area (Å²) in [7, 11) is 1.77. The lowest BCUT2D eigenvalue weighted by Crippen LogP contribution is -2.37. The number of carbonyl (C=O) groups is 1. The lowest BCUT2D eigenvalue weighted by molar-refractivity contribution is -0.121. The summed E-state index contributed by atoms with van der Waals surface area (Å²) in [5.41, 5.74) is 2.30. The Labute approximate surface area is 150 Å². The lowest BCUT2D eigenvalue weighted by Gasteiger charge is -2.28. The number of nitrogens with zero attached hydrogens (tertiary/aromatic N) is 1. The fourth-order valence-electron chi connectivity index (χ4n) is 3.84. The van der Waals surface area contributed by atoms with Crippen molar-refractivity contribution in [3.05, 3.63) is 63.8 Å². The molecule has 1 amide bonds. The van der Waals surface area contributed by atoms with Crippen LogP contribution in [0.25, 0.3) is 10.2 Å². The summed E-state index contributed by atoms with van der Waals surface area (Å²) < 4.78 is 2.53. The molecule has 2 aromatic carbocycles. The van der Waals surface area contributed by atoms with Crippen LogP contribution in [-0.2, 0) is 17.3 Å². The molecule has 1 fully saturated rings. The lowest BCUT2D eigenvalue weighted by atomic mass is 9.78. The smallest absolute Gasteiger partial charge is 0.307 e. The Balaban J connectivity index is 1.67. The van der Waals surface area contributed by atoms with E-state index in [-0.39, 0.29) is 10.8 Å². The molecule has 4 nitrogen and oxygen atoms in total. The molecule has 0 unspecified atom stereocenters. The molecule has 0 spiro atoms. The van der Waals surface area contributed by atoms with Crippen LogP contribution in [0.3, 0.4) is 0 Å². The normalized spacial score (nSPS) is 16.2. The molecule has 4 rings (SSSR count). The van der Waals surface area contributed by atoms with Gasteiger partial charge >= 0.3 is 4.87 Å². The number of amides is 1. The highest BCUT2D eigenvalue weighted by Gasteiger charge is 2.42. The molecule has 0 bridgehead atoms. The van der Waals surface area contributed by atoms with E-state index >= 15 is 0 Å². The zero-order valence-electron chi connectivity index (χ0n) is 14.1. The number of rotatable bonds is 3. The number of fused-ring (bicyclic) bond motifs is 1. The van der Waals surface area contributed by atoms with Crippen molar-refractivity contribution in [1.82, 2.24) is 4.57 Å². The van der Waals surface area contributed by atoms with Gasteiger partial charge in [0.15, 0.2) is 0 Å². The summed E-state index contributed by atoms with van der Waals surface area (Å²) >= 11 is 1.20. The molecule has 5 heteroatoms. The number of hydrogen-bond donors (Lipinski definition) is 1. The molecule has 3 aromatic rings. The quantitative estimate of drug-likeness (QED) is 0.773. The monoisotopic (exact) mass is 352 g/mol. The van der Waals surface area contributed by atoms with Crippen molar-refractivity contribution in [1.29, 1.82) is 0 Å². The van der Waals surface area contributed by atoms with Gasteiger partial charge in [0.2, 0.25) is 5.91 Å². The molecule has 0 aliphatic heterocycles. The Morgan fingerprint density at radius 1 is 1.12 bits per heavy atom. The second-order valence-electron chi connectivity index (χ2n) is 6.72. The molecule has 0 radical (unpaired) electrons. The van der Waals surface area contributed by atoms with Crippen LogP contribution in [0.2, 0.25) is 0 Å². The maximum atomic E-state index is 13.2. The third-order valence-corrected chi connectivity index (χ3v) is 6.26. The molecule has 128 valence electrons. The van der Waals surface area contributed by atoms with E-state index in [1.165, 1.54) is 11.3 Å². The molecular formula is C20H20N2O2S. The second-order valence-corrected chi connectivity index (χ2v) is 7.71. The van der Waals surface area contributed by atoms with Crippen molar-refractivity contribution < 1.29 is 4.79 Å². The minimum Gasteiger partial charge on any atom is -0.325 e. The number of nitrogens with one attached hydrogen (secondary N) is 1. The van der Waals surface area contributed by atoms with Gasteiger partial charge in [-0.2, -0.15) is 0 Å². The van der Waals surface area contributed by atoms with E-state index in [9.17, 15) is 9.59 Å². The van der Waals surface area contributed by atoms with Crippen molar-refractivity contribution in [2.75, 3.05) is 5.32 Å². The molecule has 0 atom stereocenters. The first kappa shape index (κ1) is 16.1. The number of aromatic nitrogens is 1. The van der Waals surface area contributed by atoms with Crippen molar-refractivity contribution in [3.8, 4) is 0 Å². The zero-order valence-corrected chi connectivity index (χ0v) is 14.9. The number of thiazole rings is 1. The summed E-state index contributed by atoms with van der Waals surface area (Å²) in [6, 6.07) is 15.7. The number of anilines is 1. The first-order valence-corrected chi connectivity index (χ1v) is 9.38. The van der Waals surface area contributed by atoms with Crippen molar-refractivity contribution in [2.24, 2.45) is 7.05 Å². The highest BCUT2D eigenvalue weighted by atomic mass is 32.1. The maximum Gasteiger partial charge on any atom is 0.307 e. The van der Waals surface area contributed by atoms with E-state index in [0.29, 0.717) is 0 Å². The summed E-state index contributed by atoms with van der Waals surface area (Å²) in [6.45, 7) is 0. The third-order valence-electron chi connectivity index (χ3n) is 5.27. The van der Waals surface area contributed by atoms with Crippen LogP contribution in [0.5, 0.6) is 0 Å². The maximum absolute atomic E-state index is 13.2.